The lowest BCUT2D eigenvalue weighted by atomic mass is 10.2. The molecule has 0 unspecified atom stereocenters. The van der Waals surface area contributed by atoms with Gasteiger partial charge in [0.2, 0.25) is 5.91 Å². The Balaban J connectivity index is 2.05. The third-order valence-corrected chi connectivity index (χ3v) is 3.74. The van der Waals surface area contributed by atoms with Crippen LogP contribution in [0.25, 0.3) is 0 Å². The molecule has 1 saturated heterocycles. The smallest absolute Gasteiger partial charge is 0.312 e. The molecule has 8 nitrogen and oxygen atoms in total. The van der Waals surface area contributed by atoms with Crippen LogP contribution < -0.4 is 5.32 Å². The molecule has 1 aromatic rings. The average Bonchev–Trinajstić information content (AvgIpc) is 3.03. The number of carbonyl (C=O) groups is 1. The number of ether oxygens (including phenoxy) is 1. The van der Waals surface area contributed by atoms with Gasteiger partial charge in [-0.3, -0.25) is 19.6 Å². The van der Waals surface area contributed by atoms with E-state index in [9.17, 15) is 14.9 Å². The van der Waals surface area contributed by atoms with E-state index < -0.39 is 11.0 Å². The molecule has 8 heteroatoms. The van der Waals surface area contributed by atoms with E-state index in [0.29, 0.717) is 17.9 Å². The van der Waals surface area contributed by atoms with Gasteiger partial charge in [-0.15, -0.1) is 0 Å². The number of nitrogens with zero attached hydrogens (tertiary/aromatic N) is 3. The molecule has 1 aliphatic rings. The maximum absolute atomic E-state index is 12.1. The summed E-state index contributed by atoms with van der Waals surface area (Å²) in [7, 11) is 0. The lowest BCUT2D eigenvalue weighted by Crippen LogP contribution is -2.36. The average molecular weight is 296 g/mol. The Bertz CT molecular complexity index is 549. The maximum Gasteiger partial charge on any atom is 0.312 e. The van der Waals surface area contributed by atoms with Gasteiger partial charge >= 0.3 is 5.69 Å². The largest absolute Gasteiger partial charge is 0.376 e. The molecule has 2 rings (SSSR count). The second-order valence-corrected chi connectivity index (χ2v) is 5.28. The molecular weight excluding hydrogens is 276 g/mol. The Morgan fingerprint density at radius 3 is 2.86 bits per heavy atom. The second-order valence-electron chi connectivity index (χ2n) is 5.28. The summed E-state index contributed by atoms with van der Waals surface area (Å²) in [5.41, 5.74) is 0.669. The van der Waals surface area contributed by atoms with Gasteiger partial charge in [0.1, 0.15) is 17.4 Å². The van der Waals surface area contributed by atoms with Crippen LogP contribution in [0.15, 0.2) is 0 Å². The van der Waals surface area contributed by atoms with Crippen molar-refractivity contribution in [3.63, 3.8) is 0 Å². The zero-order valence-corrected chi connectivity index (χ0v) is 12.5. The molecule has 21 heavy (non-hydrogen) atoms. The summed E-state index contributed by atoms with van der Waals surface area (Å²) in [6.45, 7) is 6.04. The van der Waals surface area contributed by atoms with Crippen LogP contribution >= 0.6 is 0 Å². The number of aryl methyl sites for hydroxylation is 1. The SMILES string of the molecule is Cc1nn([C@H](C)C(=O)NC[C@@H]2CCCO2)c(C)c1[N+](=O)[O-]. The van der Waals surface area contributed by atoms with Crippen LogP contribution in [0.5, 0.6) is 0 Å². The molecule has 1 fully saturated rings. The number of nitrogens with one attached hydrogen (secondary N) is 1. The minimum Gasteiger partial charge on any atom is -0.376 e. The molecule has 1 N–H and O–H groups in total. The highest BCUT2D eigenvalue weighted by molar-refractivity contribution is 5.80. The van der Waals surface area contributed by atoms with Crippen LogP contribution in [0.4, 0.5) is 5.69 Å². The van der Waals surface area contributed by atoms with Gasteiger partial charge in [-0.2, -0.15) is 5.10 Å². The molecule has 1 aromatic heterocycles. The van der Waals surface area contributed by atoms with Crippen molar-refractivity contribution in [3.05, 3.63) is 21.5 Å². The van der Waals surface area contributed by atoms with E-state index in [1.165, 1.54) is 4.68 Å². The van der Waals surface area contributed by atoms with Gasteiger partial charge < -0.3 is 10.1 Å². The second kappa shape index (κ2) is 6.21. The van der Waals surface area contributed by atoms with Gasteiger partial charge in [-0.25, -0.2) is 0 Å². The zero-order valence-electron chi connectivity index (χ0n) is 12.5. The van der Waals surface area contributed by atoms with Crippen molar-refractivity contribution in [2.45, 2.75) is 45.8 Å². The fourth-order valence-electron chi connectivity index (χ4n) is 2.57. The fourth-order valence-corrected chi connectivity index (χ4v) is 2.57. The number of amides is 1. The molecule has 116 valence electrons. The van der Waals surface area contributed by atoms with Crippen molar-refractivity contribution in [2.75, 3.05) is 13.2 Å². The van der Waals surface area contributed by atoms with Gasteiger partial charge in [0, 0.05) is 13.2 Å². The molecule has 0 aliphatic carbocycles. The first kappa shape index (κ1) is 15.4. The van der Waals surface area contributed by atoms with Gasteiger partial charge in [0.05, 0.1) is 11.0 Å². The van der Waals surface area contributed by atoms with E-state index in [4.69, 9.17) is 4.74 Å². The number of aromatic nitrogens is 2. The molecule has 0 saturated carbocycles. The summed E-state index contributed by atoms with van der Waals surface area (Å²) in [4.78, 5) is 22.7. The van der Waals surface area contributed by atoms with Crippen molar-refractivity contribution in [3.8, 4) is 0 Å². The van der Waals surface area contributed by atoms with Crippen molar-refractivity contribution in [1.29, 1.82) is 0 Å². The first-order chi connectivity index (χ1) is 9.91. The molecule has 0 aromatic carbocycles. The van der Waals surface area contributed by atoms with E-state index in [-0.39, 0.29) is 17.7 Å². The van der Waals surface area contributed by atoms with Crippen LogP contribution in [0, 0.1) is 24.0 Å². The number of hydrogen-bond acceptors (Lipinski definition) is 5. The summed E-state index contributed by atoms with van der Waals surface area (Å²) in [5.74, 6) is -0.217. The molecular formula is C13H20N4O4. The van der Waals surface area contributed by atoms with Crippen LogP contribution in [0.1, 0.15) is 37.2 Å². The van der Waals surface area contributed by atoms with Crippen molar-refractivity contribution in [1.82, 2.24) is 15.1 Å². The number of hydrogen-bond donors (Lipinski definition) is 1. The first-order valence-corrected chi connectivity index (χ1v) is 7.01. The summed E-state index contributed by atoms with van der Waals surface area (Å²) in [6.07, 6.45) is 2.02. The topological polar surface area (TPSA) is 99.3 Å². The van der Waals surface area contributed by atoms with Crippen LogP contribution in [-0.2, 0) is 9.53 Å². The molecule has 2 atom stereocenters. The number of carbonyl (C=O) groups excluding carboxylic acids is 1. The van der Waals surface area contributed by atoms with E-state index in [0.717, 1.165) is 19.4 Å². The number of rotatable bonds is 5. The standard InChI is InChI=1S/C13H20N4O4/c1-8-12(17(19)20)9(2)16(15-8)10(3)13(18)14-7-11-5-4-6-21-11/h10-11H,4-7H2,1-3H3,(H,14,18)/t10-,11+/m1/s1. The van der Waals surface area contributed by atoms with Crippen molar-refractivity contribution in [2.24, 2.45) is 0 Å². The molecule has 0 radical (unpaired) electrons. The Morgan fingerprint density at radius 1 is 1.62 bits per heavy atom. The lowest BCUT2D eigenvalue weighted by molar-refractivity contribution is -0.386. The van der Waals surface area contributed by atoms with E-state index >= 15 is 0 Å². The van der Waals surface area contributed by atoms with Crippen molar-refractivity contribution < 1.29 is 14.5 Å². The predicted octanol–water partition coefficient (Wildman–Crippen LogP) is 1.26. The first-order valence-electron chi connectivity index (χ1n) is 7.01. The summed E-state index contributed by atoms with van der Waals surface area (Å²) in [5, 5.41) is 17.9. The zero-order chi connectivity index (χ0) is 15.6. The third kappa shape index (κ3) is 3.21. The summed E-state index contributed by atoms with van der Waals surface area (Å²) < 4.78 is 6.84. The summed E-state index contributed by atoms with van der Waals surface area (Å²) in [6, 6.07) is -0.598. The highest BCUT2D eigenvalue weighted by Gasteiger charge is 2.27. The minimum atomic E-state index is -0.598. The Morgan fingerprint density at radius 2 is 2.33 bits per heavy atom. The van der Waals surface area contributed by atoms with E-state index in [2.05, 4.69) is 10.4 Å². The normalized spacial score (nSPS) is 19.5. The maximum atomic E-state index is 12.1. The molecule has 0 bridgehead atoms. The quantitative estimate of drug-likeness (QED) is 0.651. The Labute approximate surface area is 122 Å². The molecule has 1 amide bonds. The fraction of sp³-hybridized carbons (Fsp3) is 0.692. The predicted molar refractivity (Wildman–Crippen MR) is 75.1 cm³/mol. The van der Waals surface area contributed by atoms with E-state index in [1.54, 1.807) is 20.8 Å². The van der Waals surface area contributed by atoms with Gasteiger partial charge in [0.25, 0.3) is 0 Å². The Hall–Kier alpha value is -1.96. The summed E-state index contributed by atoms with van der Waals surface area (Å²) >= 11 is 0. The van der Waals surface area contributed by atoms with Gasteiger partial charge in [0.15, 0.2) is 0 Å². The molecule has 2 heterocycles. The van der Waals surface area contributed by atoms with Crippen LogP contribution in [0.3, 0.4) is 0 Å². The highest BCUT2D eigenvalue weighted by atomic mass is 16.6. The minimum absolute atomic E-state index is 0.0335. The van der Waals surface area contributed by atoms with Crippen LogP contribution in [-0.4, -0.2) is 39.9 Å². The highest BCUT2D eigenvalue weighted by Crippen LogP contribution is 2.24. The third-order valence-electron chi connectivity index (χ3n) is 3.74. The van der Waals surface area contributed by atoms with Gasteiger partial charge in [-0.1, -0.05) is 0 Å². The van der Waals surface area contributed by atoms with Gasteiger partial charge in [-0.05, 0) is 33.6 Å². The lowest BCUT2D eigenvalue weighted by Gasteiger charge is -2.16. The number of nitro groups is 1. The molecule has 1 aliphatic heterocycles. The molecule has 0 spiro atoms. The van der Waals surface area contributed by atoms with E-state index in [1.807, 2.05) is 0 Å². The Kier molecular flexibility index (Phi) is 4.56. The monoisotopic (exact) mass is 296 g/mol. The van der Waals surface area contributed by atoms with Crippen LogP contribution in [0.2, 0.25) is 0 Å². The van der Waals surface area contributed by atoms with Crippen molar-refractivity contribution >= 4 is 11.6 Å².